The van der Waals surface area contributed by atoms with E-state index in [-0.39, 0.29) is 6.03 Å². The summed E-state index contributed by atoms with van der Waals surface area (Å²) in [6.45, 7) is 5.79. The number of ether oxygens (including phenoxy) is 1. The van der Waals surface area contributed by atoms with Crippen LogP contribution in [-0.4, -0.2) is 67.8 Å². The maximum Gasteiger partial charge on any atom is 0.317 e. The summed E-state index contributed by atoms with van der Waals surface area (Å²) in [5, 5.41) is 3.27. The van der Waals surface area contributed by atoms with Crippen molar-refractivity contribution in [3.63, 3.8) is 0 Å². The third kappa shape index (κ3) is 7.00. The zero-order valence-electron chi connectivity index (χ0n) is 16.3. The highest BCUT2D eigenvalue weighted by Gasteiger charge is 2.20. The Morgan fingerprint density at radius 1 is 1.15 bits per heavy atom. The number of amides is 2. The minimum atomic E-state index is 0.0767. The maximum atomic E-state index is 12.9. The fraction of sp³-hybridized carbons (Fsp3) is 0.591. The van der Waals surface area contributed by atoms with Crippen molar-refractivity contribution >= 4 is 12.1 Å². The maximum absolute atomic E-state index is 12.9. The fourth-order valence-electron chi connectivity index (χ4n) is 3.76. The summed E-state index contributed by atoms with van der Waals surface area (Å²) in [5.41, 5.74) is 1.17. The van der Waals surface area contributed by atoms with E-state index in [1.54, 1.807) is 0 Å². The van der Waals surface area contributed by atoms with Crippen LogP contribution in [0.3, 0.4) is 0 Å². The quantitative estimate of drug-likeness (QED) is 0.799. The molecule has 0 aromatic heterocycles. The predicted molar refractivity (Wildman–Crippen MR) is 110 cm³/mol. The molecular weight excluding hydrogens is 338 g/mol. The van der Waals surface area contributed by atoms with E-state index in [1.807, 2.05) is 23.1 Å². The summed E-state index contributed by atoms with van der Waals surface area (Å²) in [5.74, 6) is 0. The van der Waals surface area contributed by atoms with Crippen molar-refractivity contribution in [2.24, 2.45) is 0 Å². The minimum absolute atomic E-state index is 0.0767. The van der Waals surface area contributed by atoms with Gasteiger partial charge >= 0.3 is 6.03 Å². The van der Waals surface area contributed by atoms with E-state index < -0.39 is 0 Å². The van der Waals surface area contributed by atoms with Crippen molar-refractivity contribution < 1.29 is 9.53 Å². The van der Waals surface area contributed by atoms with Crippen LogP contribution in [0.15, 0.2) is 36.4 Å². The van der Waals surface area contributed by atoms with Crippen molar-refractivity contribution in [3.05, 3.63) is 42.0 Å². The number of nitrogens with one attached hydrogen (secondary N) is 1. The normalized spacial score (nSPS) is 19.3. The molecule has 1 saturated heterocycles. The molecule has 1 aromatic rings. The van der Waals surface area contributed by atoms with Crippen LogP contribution in [0.5, 0.6) is 0 Å². The molecule has 1 N–H and O–H groups in total. The van der Waals surface area contributed by atoms with Crippen molar-refractivity contribution in [3.8, 4) is 0 Å². The van der Waals surface area contributed by atoms with Gasteiger partial charge in [0, 0.05) is 38.8 Å². The zero-order chi connectivity index (χ0) is 18.7. The first-order valence-corrected chi connectivity index (χ1v) is 10.4. The Labute approximate surface area is 163 Å². The van der Waals surface area contributed by atoms with E-state index >= 15 is 0 Å². The summed E-state index contributed by atoms with van der Waals surface area (Å²) >= 11 is 0. The number of morpholine rings is 1. The molecule has 148 valence electrons. The summed E-state index contributed by atoms with van der Waals surface area (Å²) in [4.78, 5) is 17.2. The van der Waals surface area contributed by atoms with Gasteiger partial charge in [-0.15, -0.1) is 0 Å². The first kappa shape index (κ1) is 19.9. The van der Waals surface area contributed by atoms with Crippen molar-refractivity contribution in [1.29, 1.82) is 0 Å². The second kappa shape index (κ2) is 11.1. The molecule has 0 unspecified atom stereocenters. The largest absolute Gasteiger partial charge is 0.379 e. The second-order valence-electron chi connectivity index (χ2n) is 7.50. The second-order valence-corrected chi connectivity index (χ2v) is 7.50. The molecule has 0 radical (unpaired) electrons. The summed E-state index contributed by atoms with van der Waals surface area (Å²) in [7, 11) is 0. The fourth-order valence-corrected chi connectivity index (χ4v) is 3.76. The lowest BCUT2D eigenvalue weighted by atomic mass is 9.96. The van der Waals surface area contributed by atoms with Gasteiger partial charge in [-0.05, 0) is 18.4 Å². The average molecular weight is 372 g/mol. The van der Waals surface area contributed by atoms with Crippen LogP contribution in [0.4, 0.5) is 4.79 Å². The molecule has 0 atom stereocenters. The third-order valence-electron chi connectivity index (χ3n) is 5.45. The van der Waals surface area contributed by atoms with Crippen LogP contribution >= 0.6 is 0 Å². The van der Waals surface area contributed by atoms with Gasteiger partial charge in [0.25, 0.3) is 0 Å². The molecule has 1 aromatic carbocycles. The molecule has 0 spiro atoms. The van der Waals surface area contributed by atoms with Gasteiger partial charge in [0.1, 0.15) is 0 Å². The molecule has 2 amide bonds. The van der Waals surface area contributed by atoms with Gasteiger partial charge in [0.05, 0.1) is 13.2 Å². The van der Waals surface area contributed by atoms with Gasteiger partial charge in [0.2, 0.25) is 0 Å². The lowest BCUT2D eigenvalue weighted by molar-refractivity contribution is 0.0352. The lowest BCUT2D eigenvalue weighted by Gasteiger charge is -2.31. The topological polar surface area (TPSA) is 44.8 Å². The molecule has 3 rings (SSSR count). The summed E-state index contributed by atoms with van der Waals surface area (Å²) in [6, 6.07) is 10.7. The van der Waals surface area contributed by atoms with Gasteiger partial charge in [-0.25, -0.2) is 4.79 Å². The van der Waals surface area contributed by atoms with E-state index in [1.165, 1.54) is 24.8 Å². The van der Waals surface area contributed by atoms with Crippen LogP contribution in [-0.2, 0) is 4.74 Å². The molecule has 1 heterocycles. The van der Waals surface area contributed by atoms with Crippen LogP contribution < -0.4 is 5.32 Å². The standard InChI is InChI=1S/C22H33N3O2/c26-22(23-21-11-5-2-6-12-21)25(15-14-24-16-18-27-19-17-24)13-7-10-20-8-3-1-4-9-20/h1,3-4,7-10,21H,2,5-6,11-19H2,(H,23,26)/b10-7+. The molecule has 5 nitrogen and oxygen atoms in total. The van der Waals surface area contributed by atoms with Crippen LogP contribution in [0.2, 0.25) is 0 Å². The van der Waals surface area contributed by atoms with E-state index in [2.05, 4.69) is 34.5 Å². The molecule has 2 fully saturated rings. The SMILES string of the molecule is O=C(NC1CCCCC1)N(C/C=C/c1ccccc1)CCN1CCOCC1. The smallest absolute Gasteiger partial charge is 0.317 e. The van der Waals surface area contributed by atoms with Crippen LogP contribution in [0.25, 0.3) is 6.08 Å². The zero-order valence-corrected chi connectivity index (χ0v) is 16.3. The van der Waals surface area contributed by atoms with E-state index in [0.29, 0.717) is 12.6 Å². The van der Waals surface area contributed by atoms with E-state index in [4.69, 9.17) is 4.74 Å². The highest BCUT2D eigenvalue weighted by atomic mass is 16.5. The molecule has 1 aliphatic heterocycles. The number of rotatable bonds is 7. The molecular formula is C22H33N3O2. The molecule has 1 saturated carbocycles. The Hall–Kier alpha value is -1.85. The van der Waals surface area contributed by atoms with Gasteiger partial charge in [-0.2, -0.15) is 0 Å². The van der Waals surface area contributed by atoms with Crippen molar-refractivity contribution in [2.45, 2.75) is 38.1 Å². The Bertz CT molecular complexity index is 578. The molecule has 5 heteroatoms. The van der Waals surface area contributed by atoms with Crippen LogP contribution in [0, 0.1) is 0 Å². The highest BCUT2D eigenvalue weighted by Crippen LogP contribution is 2.17. The predicted octanol–water partition coefficient (Wildman–Crippen LogP) is 3.38. The average Bonchev–Trinajstić information content (AvgIpc) is 2.72. The number of carbonyl (C=O) groups excluding carboxylic acids is 1. The number of hydrogen-bond donors (Lipinski definition) is 1. The Morgan fingerprint density at radius 2 is 1.89 bits per heavy atom. The molecule has 27 heavy (non-hydrogen) atoms. The molecule has 0 bridgehead atoms. The van der Waals surface area contributed by atoms with Gasteiger partial charge < -0.3 is 15.0 Å². The first-order chi connectivity index (χ1) is 13.3. The lowest BCUT2D eigenvalue weighted by Crippen LogP contribution is -2.49. The summed E-state index contributed by atoms with van der Waals surface area (Å²) < 4.78 is 5.42. The van der Waals surface area contributed by atoms with Crippen LogP contribution in [0.1, 0.15) is 37.7 Å². The summed E-state index contributed by atoms with van der Waals surface area (Å²) in [6.07, 6.45) is 10.2. The van der Waals surface area contributed by atoms with Gasteiger partial charge in [0.15, 0.2) is 0 Å². The van der Waals surface area contributed by atoms with E-state index in [9.17, 15) is 4.79 Å². The molecule has 2 aliphatic rings. The Morgan fingerprint density at radius 3 is 2.63 bits per heavy atom. The molecule has 1 aliphatic carbocycles. The van der Waals surface area contributed by atoms with E-state index in [0.717, 1.165) is 52.2 Å². The third-order valence-corrected chi connectivity index (χ3v) is 5.45. The number of urea groups is 1. The van der Waals surface area contributed by atoms with Gasteiger partial charge in [-0.1, -0.05) is 61.7 Å². The van der Waals surface area contributed by atoms with Crippen molar-refractivity contribution in [2.75, 3.05) is 45.9 Å². The number of carbonyl (C=O) groups is 1. The van der Waals surface area contributed by atoms with Crippen molar-refractivity contribution in [1.82, 2.24) is 15.1 Å². The Kier molecular flexibility index (Phi) is 8.18. The first-order valence-electron chi connectivity index (χ1n) is 10.4. The number of nitrogens with zero attached hydrogens (tertiary/aromatic N) is 2. The highest BCUT2D eigenvalue weighted by molar-refractivity contribution is 5.75. The minimum Gasteiger partial charge on any atom is -0.379 e. The number of hydrogen-bond acceptors (Lipinski definition) is 3. The monoisotopic (exact) mass is 371 g/mol. The number of benzene rings is 1. The Balaban J connectivity index is 1.54. The van der Waals surface area contributed by atoms with Gasteiger partial charge in [-0.3, -0.25) is 4.90 Å².